The molecule has 0 aromatic heterocycles. The van der Waals surface area contributed by atoms with Gasteiger partial charge in [0.15, 0.2) is 6.61 Å². The fourth-order valence-corrected chi connectivity index (χ4v) is 2.04. The molecular formula is C16H25NO3. The Hall–Kier alpha value is -1.55. The molecule has 4 nitrogen and oxygen atoms in total. The minimum atomic E-state index is -0.897. The quantitative estimate of drug-likeness (QED) is 0.869. The van der Waals surface area contributed by atoms with E-state index >= 15 is 0 Å². The first-order chi connectivity index (χ1) is 9.23. The van der Waals surface area contributed by atoms with E-state index < -0.39 is 5.60 Å². The summed E-state index contributed by atoms with van der Waals surface area (Å²) in [6, 6.07) is 5.86. The van der Waals surface area contributed by atoms with Crippen molar-refractivity contribution in [3.63, 3.8) is 0 Å². The molecule has 0 aliphatic rings. The Labute approximate surface area is 121 Å². The first-order valence-electron chi connectivity index (χ1n) is 6.93. The molecule has 4 heteroatoms. The van der Waals surface area contributed by atoms with Crippen molar-refractivity contribution in [1.82, 2.24) is 4.90 Å². The number of ether oxygens (including phenoxy) is 1. The van der Waals surface area contributed by atoms with Crippen molar-refractivity contribution in [3.05, 3.63) is 29.3 Å². The van der Waals surface area contributed by atoms with E-state index in [1.807, 2.05) is 39.0 Å². The third-order valence-corrected chi connectivity index (χ3v) is 2.99. The molecular weight excluding hydrogens is 254 g/mol. The molecule has 0 unspecified atom stereocenters. The van der Waals surface area contributed by atoms with Gasteiger partial charge in [-0.15, -0.1) is 0 Å². The van der Waals surface area contributed by atoms with Crippen LogP contribution in [0.25, 0.3) is 0 Å². The number of carbonyl (C=O) groups is 1. The molecule has 1 aromatic carbocycles. The molecule has 0 radical (unpaired) electrons. The number of amides is 1. The molecule has 0 spiro atoms. The highest BCUT2D eigenvalue weighted by Crippen LogP contribution is 2.18. The van der Waals surface area contributed by atoms with Crippen LogP contribution in [0.2, 0.25) is 0 Å². The van der Waals surface area contributed by atoms with E-state index in [-0.39, 0.29) is 12.5 Å². The largest absolute Gasteiger partial charge is 0.484 e. The van der Waals surface area contributed by atoms with Gasteiger partial charge in [-0.2, -0.15) is 0 Å². The van der Waals surface area contributed by atoms with Crippen LogP contribution in [0.3, 0.4) is 0 Å². The van der Waals surface area contributed by atoms with Crippen molar-refractivity contribution in [2.75, 3.05) is 19.7 Å². The molecule has 1 amide bonds. The molecule has 0 heterocycles. The van der Waals surface area contributed by atoms with Gasteiger partial charge >= 0.3 is 0 Å². The number of aliphatic hydroxyl groups is 1. The average Bonchev–Trinajstić information content (AvgIpc) is 2.33. The van der Waals surface area contributed by atoms with Gasteiger partial charge < -0.3 is 14.7 Å². The van der Waals surface area contributed by atoms with Crippen LogP contribution in [0, 0.1) is 13.8 Å². The summed E-state index contributed by atoms with van der Waals surface area (Å²) >= 11 is 0. The molecule has 0 saturated heterocycles. The molecule has 0 atom stereocenters. The van der Waals surface area contributed by atoms with Crippen LogP contribution in [0.4, 0.5) is 0 Å². The van der Waals surface area contributed by atoms with Gasteiger partial charge in [0.25, 0.3) is 5.91 Å². The van der Waals surface area contributed by atoms with Gasteiger partial charge in [0, 0.05) is 13.1 Å². The molecule has 1 aromatic rings. The Bertz CT molecular complexity index is 463. The number of aryl methyl sites for hydroxylation is 2. The van der Waals surface area contributed by atoms with E-state index in [0.29, 0.717) is 13.1 Å². The fourth-order valence-electron chi connectivity index (χ4n) is 2.04. The van der Waals surface area contributed by atoms with Gasteiger partial charge in [0.05, 0.1) is 5.60 Å². The average molecular weight is 279 g/mol. The molecule has 0 saturated carbocycles. The number of benzene rings is 1. The molecule has 0 aliphatic carbocycles. The molecule has 1 rings (SSSR count). The second kappa shape index (κ2) is 6.75. The summed E-state index contributed by atoms with van der Waals surface area (Å²) in [6.07, 6.45) is 0. The Morgan fingerprint density at radius 3 is 2.50 bits per heavy atom. The standard InChI is InChI=1S/C16H25NO3/c1-6-17(11-16(4,5)19)15(18)10-20-14-8-7-12(2)9-13(14)3/h7-9,19H,6,10-11H2,1-5H3. The summed E-state index contributed by atoms with van der Waals surface area (Å²) in [4.78, 5) is 13.7. The van der Waals surface area contributed by atoms with Crippen LogP contribution in [0.15, 0.2) is 18.2 Å². The minimum absolute atomic E-state index is 0.00613. The van der Waals surface area contributed by atoms with Crippen molar-refractivity contribution in [2.45, 2.75) is 40.2 Å². The Morgan fingerprint density at radius 1 is 1.35 bits per heavy atom. The number of rotatable bonds is 6. The lowest BCUT2D eigenvalue weighted by molar-refractivity contribution is -0.136. The minimum Gasteiger partial charge on any atom is -0.484 e. The predicted octanol–water partition coefficient (Wildman–Crippen LogP) is 2.30. The van der Waals surface area contributed by atoms with Crippen LogP contribution in [0.1, 0.15) is 31.9 Å². The second-order valence-electron chi connectivity index (χ2n) is 5.78. The van der Waals surface area contributed by atoms with Gasteiger partial charge in [0.2, 0.25) is 0 Å². The number of nitrogens with zero attached hydrogens (tertiary/aromatic N) is 1. The molecule has 0 bridgehead atoms. The van der Waals surface area contributed by atoms with Crippen LogP contribution in [-0.4, -0.2) is 41.2 Å². The lowest BCUT2D eigenvalue weighted by atomic mass is 10.1. The lowest BCUT2D eigenvalue weighted by Crippen LogP contribution is -2.44. The van der Waals surface area contributed by atoms with Crippen molar-refractivity contribution >= 4 is 5.91 Å². The van der Waals surface area contributed by atoms with E-state index in [4.69, 9.17) is 4.74 Å². The summed E-state index contributed by atoms with van der Waals surface area (Å²) in [7, 11) is 0. The topological polar surface area (TPSA) is 49.8 Å². The van der Waals surface area contributed by atoms with Crippen LogP contribution in [0.5, 0.6) is 5.75 Å². The summed E-state index contributed by atoms with van der Waals surface area (Å²) in [6.45, 7) is 10.1. The Morgan fingerprint density at radius 2 is 2.00 bits per heavy atom. The number of likely N-dealkylation sites (N-methyl/N-ethyl adjacent to an activating group) is 1. The maximum atomic E-state index is 12.1. The highest BCUT2D eigenvalue weighted by molar-refractivity contribution is 5.77. The zero-order valence-corrected chi connectivity index (χ0v) is 13.1. The third-order valence-electron chi connectivity index (χ3n) is 2.99. The maximum absolute atomic E-state index is 12.1. The van der Waals surface area contributed by atoms with Crippen molar-refractivity contribution in [3.8, 4) is 5.75 Å². The number of hydrogen-bond acceptors (Lipinski definition) is 3. The highest BCUT2D eigenvalue weighted by atomic mass is 16.5. The van der Waals surface area contributed by atoms with Crippen molar-refractivity contribution in [2.24, 2.45) is 0 Å². The second-order valence-corrected chi connectivity index (χ2v) is 5.78. The highest BCUT2D eigenvalue weighted by Gasteiger charge is 2.21. The normalized spacial score (nSPS) is 11.3. The van der Waals surface area contributed by atoms with Crippen molar-refractivity contribution < 1.29 is 14.6 Å². The summed E-state index contributed by atoms with van der Waals surface area (Å²) in [5.41, 5.74) is 1.28. The zero-order valence-electron chi connectivity index (χ0n) is 13.1. The van der Waals surface area contributed by atoms with E-state index in [1.165, 1.54) is 5.56 Å². The molecule has 0 fully saturated rings. The van der Waals surface area contributed by atoms with Crippen LogP contribution >= 0.6 is 0 Å². The van der Waals surface area contributed by atoms with Gasteiger partial charge in [0.1, 0.15) is 5.75 Å². The predicted molar refractivity (Wildman–Crippen MR) is 80.0 cm³/mol. The van der Waals surface area contributed by atoms with Crippen LogP contribution < -0.4 is 4.74 Å². The maximum Gasteiger partial charge on any atom is 0.260 e. The fraction of sp³-hybridized carbons (Fsp3) is 0.562. The van der Waals surface area contributed by atoms with Crippen molar-refractivity contribution in [1.29, 1.82) is 0 Å². The monoisotopic (exact) mass is 279 g/mol. The summed E-state index contributed by atoms with van der Waals surface area (Å²) < 4.78 is 5.58. The molecule has 20 heavy (non-hydrogen) atoms. The van der Waals surface area contributed by atoms with E-state index in [2.05, 4.69) is 0 Å². The first kappa shape index (κ1) is 16.5. The van der Waals surface area contributed by atoms with Gasteiger partial charge in [-0.25, -0.2) is 0 Å². The molecule has 0 aliphatic heterocycles. The third kappa shape index (κ3) is 5.21. The van der Waals surface area contributed by atoms with Gasteiger partial charge in [-0.1, -0.05) is 17.7 Å². The molecule has 1 N–H and O–H groups in total. The van der Waals surface area contributed by atoms with E-state index in [9.17, 15) is 9.90 Å². The van der Waals surface area contributed by atoms with E-state index in [1.54, 1.807) is 18.7 Å². The van der Waals surface area contributed by atoms with E-state index in [0.717, 1.165) is 11.3 Å². The van der Waals surface area contributed by atoms with Gasteiger partial charge in [-0.05, 0) is 46.2 Å². The SMILES string of the molecule is CCN(CC(C)(C)O)C(=O)COc1ccc(C)cc1C. The Kier molecular flexibility index (Phi) is 5.57. The van der Waals surface area contributed by atoms with Crippen LogP contribution in [-0.2, 0) is 4.79 Å². The van der Waals surface area contributed by atoms with Gasteiger partial charge in [-0.3, -0.25) is 4.79 Å². The lowest BCUT2D eigenvalue weighted by Gasteiger charge is -2.28. The smallest absolute Gasteiger partial charge is 0.260 e. The zero-order chi connectivity index (χ0) is 15.3. The summed E-state index contributed by atoms with van der Waals surface area (Å²) in [5.74, 6) is 0.609. The molecule has 112 valence electrons. The first-order valence-corrected chi connectivity index (χ1v) is 6.93. The number of carbonyl (C=O) groups excluding carboxylic acids is 1. The number of hydrogen-bond donors (Lipinski definition) is 1. The summed E-state index contributed by atoms with van der Waals surface area (Å²) in [5, 5.41) is 9.79. The Balaban J connectivity index is 2.61.